The van der Waals surface area contributed by atoms with Gasteiger partial charge in [0.1, 0.15) is 0 Å². The molecule has 1 fully saturated rings. The highest BCUT2D eigenvalue weighted by atomic mass is 15.2. The molecule has 2 heteroatoms. The second-order valence-electron chi connectivity index (χ2n) is 6.10. The molecule has 0 spiro atoms. The number of likely N-dealkylation sites (tertiary alicyclic amines) is 1. The first-order valence-corrected chi connectivity index (χ1v) is 6.39. The largest absolute Gasteiger partial charge is 0.330 e. The molecule has 1 atom stereocenters. The van der Waals surface area contributed by atoms with Gasteiger partial charge in [0.15, 0.2) is 0 Å². The van der Waals surface area contributed by atoms with Crippen molar-refractivity contribution >= 4 is 0 Å². The van der Waals surface area contributed by atoms with Crippen LogP contribution in [0.3, 0.4) is 0 Å². The van der Waals surface area contributed by atoms with E-state index in [9.17, 15) is 0 Å². The Kier molecular flexibility index (Phi) is 4.19. The standard InChI is InChI=1S/C13H28N2/c1-5-7-13(4,10-14)11-15-9-6-8-12(15,2)3/h5-11,14H2,1-4H3. The lowest BCUT2D eigenvalue weighted by Crippen LogP contribution is -2.47. The van der Waals surface area contributed by atoms with Gasteiger partial charge >= 0.3 is 0 Å². The van der Waals surface area contributed by atoms with E-state index in [1.54, 1.807) is 0 Å². The van der Waals surface area contributed by atoms with Crippen LogP contribution in [0.4, 0.5) is 0 Å². The Labute approximate surface area is 95.2 Å². The average molecular weight is 212 g/mol. The van der Waals surface area contributed by atoms with Gasteiger partial charge < -0.3 is 5.73 Å². The summed E-state index contributed by atoms with van der Waals surface area (Å²) in [6, 6.07) is 0. The summed E-state index contributed by atoms with van der Waals surface area (Å²) in [5.41, 5.74) is 6.64. The van der Waals surface area contributed by atoms with Crippen LogP contribution >= 0.6 is 0 Å². The van der Waals surface area contributed by atoms with Crippen LogP contribution in [-0.2, 0) is 0 Å². The maximum absolute atomic E-state index is 5.93. The van der Waals surface area contributed by atoms with Gasteiger partial charge in [0.2, 0.25) is 0 Å². The third-order valence-electron chi connectivity index (χ3n) is 3.99. The van der Waals surface area contributed by atoms with E-state index in [1.165, 1.54) is 38.8 Å². The number of hydrogen-bond donors (Lipinski definition) is 1. The molecule has 0 aliphatic carbocycles. The summed E-state index contributed by atoms with van der Waals surface area (Å²) < 4.78 is 0. The van der Waals surface area contributed by atoms with Gasteiger partial charge in [0.05, 0.1) is 0 Å². The summed E-state index contributed by atoms with van der Waals surface area (Å²) in [6.07, 6.45) is 5.16. The van der Waals surface area contributed by atoms with E-state index in [4.69, 9.17) is 5.73 Å². The molecule has 0 bridgehead atoms. The Morgan fingerprint density at radius 1 is 1.40 bits per heavy atom. The van der Waals surface area contributed by atoms with Crippen LogP contribution in [0.25, 0.3) is 0 Å². The summed E-state index contributed by atoms with van der Waals surface area (Å²) >= 11 is 0. The zero-order valence-corrected chi connectivity index (χ0v) is 11.0. The summed E-state index contributed by atoms with van der Waals surface area (Å²) in [5.74, 6) is 0. The van der Waals surface area contributed by atoms with Crippen molar-refractivity contribution in [3.63, 3.8) is 0 Å². The van der Waals surface area contributed by atoms with E-state index in [2.05, 4.69) is 32.6 Å². The maximum atomic E-state index is 5.93. The molecule has 1 aliphatic rings. The van der Waals surface area contributed by atoms with E-state index >= 15 is 0 Å². The van der Waals surface area contributed by atoms with Crippen molar-refractivity contribution in [3.05, 3.63) is 0 Å². The summed E-state index contributed by atoms with van der Waals surface area (Å²) in [6.45, 7) is 12.6. The van der Waals surface area contributed by atoms with Gasteiger partial charge in [-0.3, -0.25) is 4.90 Å². The minimum Gasteiger partial charge on any atom is -0.330 e. The zero-order valence-electron chi connectivity index (χ0n) is 11.0. The van der Waals surface area contributed by atoms with Crippen LogP contribution in [0, 0.1) is 5.41 Å². The summed E-state index contributed by atoms with van der Waals surface area (Å²) in [4.78, 5) is 2.63. The van der Waals surface area contributed by atoms with E-state index in [0.29, 0.717) is 11.0 Å². The minimum absolute atomic E-state index is 0.316. The lowest BCUT2D eigenvalue weighted by molar-refractivity contribution is 0.102. The average Bonchev–Trinajstić information content (AvgIpc) is 2.46. The first-order chi connectivity index (χ1) is 6.93. The predicted molar refractivity (Wildman–Crippen MR) is 67.0 cm³/mol. The first kappa shape index (κ1) is 13.0. The molecular formula is C13H28N2. The molecule has 0 aromatic heterocycles. The molecule has 1 rings (SSSR count). The van der Waals surface area contributed by atoms with Gasteiger partial charge in [-0.15, -0.1) is 0 Å². The second-order valence-corrected chi connectivity index (χ2v) is 6.10. The molecule has 90 valence electrons. The van der Waals surface area contributed by atoms with Crippen LogP contribution < -0.4 is 5.73 Å². The predicted octanol–water partition coefficient (Wildman–Crippen LogP) is 2.63. The van der Waals surface area contributed by atoms with E-state index in [-0.39, 0.29) is 0 Å². The van der Waals surface area contributed by atoms with Crippen molar-refractivity contribution < 1.29 is 0 Å². The Hall–Kier alpha value is -0.0800. The highest BCUT2D eigenvalue weighted by Gasteiger charge is 2.36. The first-order valence-electron chi connectivity index (χ1n) is 6.39. The van der Waals surface area contributed by atoms with Crippen molar-refractivity contribution in [1.29, 1.82) is 0 Å². The molecule has 0 radical (unpaired) electrons. The molecule has 0 amide bonds. The van der Waals surface area contributed by atoms with Crippen molar-refractivity contribution in [3.8, 4) is 0 Å². The van der Waals surface area contributed by atoms with Crippen LogP contribution in [0.1, 0.15) is 53.4 Å². The van der Waals surface area contributed by atoms with Gasteiger partial charge in [0.25, 0.3) is 0 Å². The van der Waals surface area contributed by atoms with Crippen LogP contribution in [-0.4, -0.2) is 30.1 Å². The molecule has 1 heterocycles. The summed E-state index contributed by atoms with van der Waals surface area (Å²) in [7, 11) is 0. The molecular weight excluding hydrogens is 184 g/mol. The van der Waals surface area contributed by atoms with Gasteiger partial charge in [-0.2, -0.15) is 0 Å². The van der Waals surface area contributed by atoms with Crippen molar-refractivity contribution in [2.75, 3.05) is 19.6 Å². The molecule has 1 aliphatic heterocycles. The lowest BCUT2D eigenvalue weighted by Gasteiger charge is -2.39. The molecule has 2 nitrogen and oxygen atoms in total. The molecule has 15 heavy (non-hydrogen) atoms. The van der Waals surface area contributed by atoms with Gasteiger partial charge in [-0.1, -0.05) is 20.3 Å². The van der Waals surface area contributed by atoms with Crippen LogP contribution in [0.15, 0.2) is 0 Å². The van der Waals surface area contributed by atoms with Crippen LogP contribution in [0.2, 0.25) is 0 Å². The van der Waals surface area contributed by atoms with Gasteiger partial charge in [-0.05, 0) is 51.6 Å². The Balaban J connectivity index is 2.58. The van der Waals surface area contributed by atoms with Crippen molar-refractivity contribution in [1.82, 2.24) is 4.90 Å². The Bertz CT molecular complexity index is 201. The van der Waals surface area contributed by atoms with E-state index in [1.807, 2.05) is 0 Å². The van der Waals surface area contributed by atoms with Crippen LogP contribution in [0.5, 0.6) is 0 Å². The van der Waals surface area contributed by atoms with E-state index < -0.39 is 0 Å². The molecule has 1 unspecified atom stereocenters. The fourth-order valence-electron chi connectivity index (χ4n) is 2.77. The quantitative estimate of drug-likeness (QED) is 0.759. The monoisotopic (exact) mass is 212 g/mol. The smallest absolute Gasteiger partial charge is 0.0153 e. The number of nitrogens with zero attached hydrogens (tertiary/aromatic N) is 1. The molecule has 2 N–H and O–H groups in total. The third-order valence-corrected chi connectivity index (χ3v) is 3.99. The topological polar surface area (TPSA) is 29.3 Å². The molecule has 1 saturated heterocycles. The molecule has 0 aromatic rings. The van der Waals surface area contributed by atoms with E-state index in [0.717, 1.165) is 6.54 Å². The van der Waals surface area contributed by atoms with Crippen molar-refractivity contribution in [2.45, 2.75) is 58.9 Å². The SMILES string of the molecule is CCCC(C)(CN)CN1CCCC1(C)C. The fourth-order valence-corrected chi connectivity index (χ4v) is 2.77. The number of nitrogens with two attached hydrogens (primary N) is 1. The van der Waals surface area contributed by atoms with Crippen molar-refractivity contribution in [2.24, 2.45) is 11.1 Å². The molecule has 0 aromatic carbocycles. The number of rotatable bonds is 5. The highest BCUT2D eigenvalue weighted by Crippen LogP contribution is 2.33. The van der Waals surface area contributed by atoms with Gasteiger partial charge in [-0.25, -0.2) is 0 Å². The molecule has 0 saturated carbocycles. The Morgan fingerprint density at radius 2 is 2.07 bits per heavy atom. The number of hydrogen-bond acceptors (Lipinski definition) is 2. The lowest BCUT2D eigenvalue weighted by atomic mass is 9.84. The fraction of sp³-hybridized carbons (Fsp3) is 1.00. The minimum atomic E-state index is 0.316. The summed E-state index contributed by atoms with van der Waals surface area (Å²) in [5, 5.41) is 0. The maximum Gasteiger partial charge on any atom is 0.0153 e. The third kappa shape index (κ3) is 3.18. The second kappa shape index (κ2) is 4.84. The van der Waals surface area contributed by atoms with Gasteiger partial charge in [0, 0.05) is 12.1 Å². The zero-order chi connectivity index (χ0) is 11.5. The Morgan fingerprint density at radius 3 is 2.47 bits per heavy atom. The normalized spacial score (nSPS) is 25.4. The highest BCUT2D eigenvalue weighted by molar-refractivity contribution is 4.91.